The minimum atomic E-state index is -3.35. The van der Waals surface area contributed by atoms with Crippen molar-refractivity contribution in [1.82, 2.24) is 4.98 Å². The number of nitrogens with one attached hydrogen (secondary N) is 1. The van der Waals surface area contributed by atoms with Gasteiger partial charge >= 0.3 is 0 Å². The minimum Gasteiger partial charge on any atom is -0.282 e. The lowest BCUT2D eigenvalue weighted by Crippen LogP contribution is -2.18. The maximum atomic E-state index is 11.9. The van der Waals surface area contributed by atoms with E-state index in [4.69, 9.17) is 0 Å². The van der Waals surface area contributed by atoms with Crippen LogP contribution < -0.4 is 4.72 Å². The second-order valence-corrected chi connectivity index (χ2v) is 6.68. The standard InChI is InChI=1S/C13H13BrN2O2S/c14-13-7-6-12(10-15-13)16-19(17,18)9-8-11-4-2-1-3-5-11/h1-7,10,16H,8-9H2. The number of aryl methyl sites for hydroxylation is 1. The fraction of sp³-hybridized carbons (Fsp3) is 0.154. The van der Waals surface area contributed by atoms with E-state index in [0.717, 1.165) is 5.56 Å². The molecule has 0 saturated carbocycles. The molecule has 1 heterocycles. The smallest absolute Gasteiger partial charge is 0.233 e. The molecule has 100 valence electrons. The van der Waals surface area contributed by atoms with Crippen molar-refractivity contribution in [1.29, 1.82) is 0 Å². The predicted molar refractivity (Wildman–Crippen MR) is 79.5 cm³/mol. The molecule has 19 heavy (non-hydrogen) atoms. The van der Waals surface area contributed by atoms with E-state index in [-0.39, 0.29) is 5.75 Å². The Labute approximate surface area is 121 Å². The average Bonchev–Trinajstić information content (AvgIpc) is 2.40. The Bertz CT molecular complexity index is 627. The molecule has 2 rings (SSSR count). The first kappa shape index (κ1) is 14.0. The molecule has 0 amide bonds. The number of halogens is 1. The lowest BCUT2D eigenvalue weighted by Gasteiger charge is -2.07. The van der Waals surface area contributed by atoms with Crippen LogP contribution in [-0.2, 0) is 16.4 Å². The van der Waals surface area contributed by atoms with Crippen LogP contribution in [0.3, 0.4) is 0 Å². The van der Waals surface area contributed by atoms with Gasteiger partial charge in [0.15, 0.2) is 0 Å². The van der Waals surface area contributed by atoms with Crippen molar-refractivity contribution < 1.29 is 8.42 Å². The second-order valence-electron chi connectivity index (χ2n) is 4.03. The normalized spacial score (nSPS) is 11.2. The number of rotatable bonds is 5. The third-order valence-electron chi connectivity index (χ3n) is 2.50. The maximum absolute atomic E-state index is 11.9. The summed E-state index contributed by atoms with van der Waals surface area (Å²) in [7, 11) is -3.35. The lowest BCUT2D eigenvalue weighted by atomic mass is 10.2. The van der Waals surface area contributed by atoms with Gasteiger partial charge in [-0.25, -0.2) is 13.4 Å². The predicted octanol–water partition coefficient (Wildman–Crippen LogP) is 2.83. The first-order valence-corrected chi connectivity index (χ1v) is 8.16. The molecule has 0 aliphatic heterocycles. The first-order valence-electron chi connectivity index (χ1n) is 5.71. The molecule has 0 radical (unpaired) electrons. The molecule has 2 aromatic rings. The molecule has 1 aromatic heterocycles. The molecule has 0 fully saturated rings. The van der Waals surface area contributed by atoms with E-state index >= 15 is 0 Å². The largest absolute Gasteiger partial charge is 0.282 e. The summed E-state index contributed by atoms with van der Waals surface area (Å²) in [6, 6.07) is 12.9. The molecule has 6 heteroatoms. The summed E-state index contributed by atoms with van der Waals surface area (Å²) in [5.74, 6) is 0.0487. The molecule has 1 aromatic carbocycles. The summed E-state index contributed by atoms with van der Waals surface area (Å²) >= 11 is 3.20. The van der Waals surface area contributed by atoms with Gasteiger partial charge in [0.1, 0.15) is 4.60 Å². The zero-order valence-corrected chi connectivity index (χ0v) is 12.5. The minimum absolute atomic E-state index is 0.0487. The van der Waals surface area contributed by atoms with E-state index in [9.17, 15) is 8.42 Å². The van der Waals surface area contributed by atoms with Gasteiger partial charge in [0, 0.05) is 0 Å². The highest BCUT2D eigenvalue weighted by atomic mass is 79.9. The highest BCUT2D eigenvalue weighted by Crippen LogP contribution is 2.12. The van der Waals surface area contributed by atoms with Gasteiger partial charge in [0.05, 0.1) is 17.6 Å². The van der Waals surface area contributed by atoms with E-state index in [2.05, 4.69) is 25.6 Å². The van der Waals surface area contributed by atoms with Crippen molar-refractivity contribution in [2.45, 2.75) is 6.42 Å². The molecule has 0 spiro atoms. The quantitative estimate of drug-likeness (QED) is 0.851. The zero-order valence-electron chi connectivity index (χ0n) is 10.1. The Morgan fingerprint density at radius 2 is 1.84 bits per heavy atom. The van der Waals surface area contributed by atoms with Gasteiger partial charge in [-0.2, -0.15) is 0 Å². The van der Waals surface area contributed by atoms with Gasteiger partial charge in [-0.3, -0.25) is 4.72 Å². The van der Waals surface area contributed by atoms with Crippen LogP contribution in [0.2, 0.25) is 0 Å². The molecule has 4 nitrogen and oxygen atoms in total. The molecule has 0 bridgehead atoms. The van der Waals surface area contributed by atoms with Gasteiger partial charge in [0.25, 0.3) is 0 Å². The van der Waals surface area contributed by atoms with Crippen LogP contribution in [0.15, 0.2) is 53.3 Å². The summed E-state index contributed by atoms with van der Waals surface area (Å²) in [5.41, 5.74) is 1.47. The van der Waals surface area contributed by atoms with Crippen molar-refractivity contribution >= 4 is 31.6 Å². The van der Waals surface area contributed by atoms with E-state index in [1.165, 1.54) is 6.20 Å². The average molecular weight is 341 g/mol. The fourth-order valence-electron chi connectivity index (χ4n) is 1.56. The number of nitrogens with zero attached hydrogens (tertiary/aromatic N) is 1. The van der Waals surface area contributed by atoms with Gasteiger partial charge < -0.3 is 0 Å². The van der Waals surface area contributed by atoms with Crippen LogP contribution in [0, 0.1) is 0 Å². The van der Waals surface area contributed by atoms with Gasteiger partial charge in [-0.15, -0.1) is 0 Å². The van der Waals surface area contributed by atoms with E-state index in [1.807, 2.05) is 30.3 Å². The molecule has 0 aliphatic rings. The molecule has 0 unspecified atom stereocenters. The SMILES string of the molecule is O=S(=O)(CCc1ccccc1)Nc1ccc(Br)nc1. The number of anilines is 1. The second kappa shape index (κ2) is 6.16. The number of aromatic nitrogens is 1. The summed E-state index contributed by atoms with van der Waals surface area (Å²) < 4.78 is 27.0. The third kappa shape index (κ3) is 4.65. The Hall–Kier alpha value is -1.40. The molecule has 0 aliphatic carbocycles. The highest BCUT2D eigenvalue weighted by Gasteiger charge is 2.10. The third-order valence-corrected chi connectivity index (χ3v) is 4.26. The number of benzene rings is 1. The van der Waals surface area contributed by atoms with Crippen molar-refractivity contribution in [2.75, 3.05) is 10.5 Å². The molecule has 1 N–H and O–H groups in total. The van der Waals surface area contributed by atoms with E-state index in [1.54, 1.807) is 12.1 Å². The molecular weight excluding hydrogens is 328 g/mol. The Morgan fingerprint density at radius 3 is 2.47 bits per heavy atom. The Balaban J connectivity index is 1.97. The number of hydrogen-bond acceptors (Lipinski definition) is 3. The van der Waals surface area contributed by atoms with E-state index < -0.39 is 10.0 Å². The summed E-state index contributed by atoms with van der Waals surface area (Å²) in [5, 5.41) is 0. The topological polar surface area (TPSA) is 59.1 Å². The Morgan fingerprint density at radius 1 is 1.11 bits per heavy atom. The van der Waals surface area contributed by atoms with Crippen molar-refractivity contribution in [3.63, 3.8) is 0 Å². The van der Waals surface area contributed by atoms with Gasteiger partial charge in [0.2, 0.25) is 10.0 Å². The van der Waals surface area contributed by atoms with Crippen molar-refractivity contribution in [3.05, 3.63) is 58.8 Å². The number of hydrogen-bond donors (Lipinski definition) is 1. The van der Waals surface area contributed by atoms with Crippen LogP contribution in [-0.4, -0.2) is 19.2 Å². The highest BCUT2D eigenvalue weighted by molar-refractivity contribution is 9.10. The van der Waals surface area contributed by atoms with E-state index in [0.29, 0.717) is 16.7 Å². The Kier molecular flexibility index (Phi) is 4.55. The van der Waals surface area contributed by atoms with Gasteiger partial charge in [-0.1, -0.05) is 30.3 Å². The van der Waals surface area contributed by atoms with Crippen LogP contribution in [0.25, 0.3) is 0 Å². The van der Waals surface area contributed by atoms with Crippen LogP contribution in [0.4, 0.5) is 5.69 Å². The first-order chi connectivity index (χ1) is 9.05. The molecule has 0 atom stereocenters. The van der Waals surface area contributed by atoms with Gasteiger partial charge in [-0.05, 0) is 40.0 Å². The fourth-order valence-corrected chi connectivity index (χ4v) is 2.88. The monoisotopic (exact) mass is 340 g/mol. The number of pyridine rings is 1. The maximum Gasteiger partial charge on any atom is 0.233 e. The van der Waals surface area contributed by atoms with Crippen molar-refractivity contribution in [3.8, 4) is 0 Å². The van der Waals surface area contributed by atoms with Crippen LogP contribution >= 0.6 is 15.9 Å². The lowest BCUT2D eigenvalue weighted by molar-refractivity contribution is 0.600. The molecular formula is C13H13BrN2O2S. The molecule has 0 saturated heterocycles. The van der Waals surface area contributed by atoms with Crippen LogP contribution in [0.1, 0.15) is 5.56 Å². The summed E-state index contributed by atoms with van der Waals surface area (Å²) in [6.45, 7) is 0. The summed E-state index contributed by atoms with van der Waals surface area (Å²) in [4.78, 5) is 3.97. The van der Waals surface area contributed by atoms with Crippen molar-refractivity contribution in [2.24, 2.45) is 0 Å². The zero-order chi connectivity index (χ0) is 13.7. The number of sulfonamides is 1. The summed E-state index contributed by atoms with van der Waals surface area (Å²) in [6.07, 6.45) is 1.96. The van der Waals surface area contributed by atoms with Crippen LogP contribution in [0.5, 0.6) is 0 Å².